The highest BCUT2D eigenvalue weighted by Crippen LogP contribution is 2.02. The van der Waals surface area contributed by atoms with E-state index < -0.39 is 9.84 Å². The van der Waals surface area contributed by atoms with E-state index in [-0.39, 0.29) is 11.5 Å². The fourth-order valence-corrected chi connectivity index (χ4v) is 2.18. The average molecular weight is 266 g/mol. The Hall–Kier alpha value is -0.200. The minimum atomic E-state index is -2.89. The molecule has 0 spiro atoms. The van der Waals surface area contributed by atoms with Crippen molar-refractivity contribution in [2.45, 2.75) is 33.2 Å². The van der Waals surface area contributed by atoms with Crippen molar-refractivity contribution in [1.29, 1.82) is 0 Å². The number of rotatable bonds is 8. The maximum absolute atomic E-state index is 11.4. The van der Waals surface area contributed by atoms with Crippen LogP contribution in [0.1, 0.15) is 27.2 Å². The molecule has 2 N–H and O–H groups in total. The lowest BCUT2D eigenvalue weighted by Gasteiger charge is -2.25. The smallest absolute Gasteiger partial charge is 0.151 e. The molecule has 0 aliphatic carbocycles. The van der Waals surface area contributed by atoms with E-state index in [1.165, 1.54) is 0 Å². The maximum Gasteiger partial charge on any atom is 0.151 e. The van der Waals surface area contributed by atoms with Crippen LogP contribution in [0.2, 0.25) is 0 Å². The Balaban J connectivity index is 4.19. The van der Waals surface area contributed by atoms with E-state index in [2.05, 4.69) is 4.90 Å². The Morgan fingerprint density at radius 3 is 2.31 bits per heavy atom. The van der Waals surface area contributed by atoms with Crippen molar-refractivity contribution in [3.05, 3.63) is 0 Å². The molecule has 4 nitrogen and oxygen atoms in total. The maximum atomic E-state index is 11.4. The topological polar surface area (TPSA) is 63.4 Å². The molecule has 0 unspecified atom stereocenters. The zero-order valence-corrected chi connectivity index (χ0v) is 11.9. The lowest BCUT2D eigenvalue weighted by molar-refractivity contribution is 0.241. The van der Waals surface area contributed by atoms with Gasteiger partial charge in [0.15, 0.2) is 9.84 Å². The van der Waals surface area contributed by atoms with Crippen LogP contribution in [0, 0.1) is 0 Å². The summed E-state index contributed by atoms with van der Waals surface area (Å²) < 4.78 is 22.8. The van der Waals surface area contributed by atoms with Crippen LogP contribution in [-0.4, -0.2) is 48.9 Å². The molecule has 0 radical (unpaired) electrons. The summed E-state index contributed by atoms with van der Waals surface area (Å²) in [4.78, 5) is 2.57. The summed E-state index contributed by atoms with van der Waals surface area (Å²) in [6, 6.07) is 0.307. The minimum absolute atomic E-state index is 0.203. The summed E-state index contributed by atoms with van der Waals surface area (Å²) in [5, 5.41) is 0. The van der Waals surface area contributed by atoms with Gasteiger partial charge in [-0.3, -0.25) is 4.90 Å². The van der Waals surface area contributed by atoms with Crippen molar-refractivity contribution in [3.63, 3.8) is 0 Å². The number of hydrogen-bond acceptors (Lipinski definition) is 4. The monoisotopic (exact) mass is 266 g/mol. The molecule has 0 rings (SSSR count). The highest BCUT2D eigenvalue weighted by Gasteiger charge is 2.14. The van der Waals surface area contributed by atoms with Crippen LogP contribution < -0.4 is 5.73 Å². The van der Waals surface area contributed by atoms with Crippen LogP contribution >= 0.6 is 12.2 Å². The SMILES string of the molecule is CCS(=O)(=O)CCN(CCC(N)=S)C(C)C. The molecule has 0 fully saturated rings. The summed E-state index contributed by atoms with van der Waals surface area (Å²) in [6.07, 6.45) is 0.639. The number of sulfone groups is 1. The Morgan fingerprint density at radius 1 is 1.38 bits per heavy atom. The molecule has 0 saturated carbocycles. The Morgan fingerprint density at radius 2 is 1.94 bits per heavy atom. The van der Waals surface area contributed by atoms with Gasteiger partial charge in [0.05, 0.1) is 10.7 Å². The number of nitrogens with two attached hydrogens (primary N) is 1. The fraction of sp³-hybridized carbons (Fsp3) is 0.900. The molecular formula is C10H22N2O2S2. The van der Waals surface area contributed by atoms with E-state index in [1.807, 2.05) is 13.8 Å². The Kier molecular flexibility index (Phi) is 7.10. The van der Waals surface area contributed by atoms with Gasteiger partial charge in [0, 0.05) is 31.3 Å². The Labute approximate surface area is 104 Å². The van der Waals surface area contributed by atoms with E-state index in [0.717, 1.165) is 6.54 Å². The first-order chi connectivity index (χ1) is 7.28. The second-order valence-corrected chi connectivity index (χ2v) is 7.08. The van der Waals surface area contributed by atoms with Gasteiger partial charge in [-0.2, -0.15) is 0 Å². The predicted octanol–water partition coefficient (Wildman–Crippen LogP) is 0.808. The van der Waals surface area contributed by atoms with E-state index >= 15 is 0 Å². The third kappa shape index (κ3) is 7.14. The zero-order chi connectivity index (χ0) is 12.8. The molecular weight excluding hydrogens is 244 g/mol. The van der Waals surface area contributed by atoms with Crippen molar-refractivity contribution in [2.75, 3.05) is 24.6 Å². The molecule has 0 aromatic rings. The molecule has 0 saturated heterocycles. The first-order valence-corrected chi connectivity index (χ1v) is 7.74. The first kappa shape index (κ1) is 15.8. The van der Waals surface area contributed by atoms with Gasteiger partial charge >= 0.3 is 0 Å². The van der Waals surface area contributed by atoms with Crippen molar-refractivity contribution in [3.8, 4) is 0 Å². The fourth-order valence-electron chi connectivity index (χ4n) is 1.28. The number of hydrogen-bond donors (Lipinski definition) is 1. The number of thiocarbonyl (C=S) groups is 1. The highest BCUT2D eigenvalue weighted by atomic mass is 32.2. The molecule has 0 heterocycles. The van der Waals surface area contributed by atoms with E-state index in [1.54, 1.807) is 6.92 Å². The van der Waals surface area contributed by atoms with Crippen LogP contribution in [-0.2, 0) is 9.84 Å². The van der Waals surface area contributed by atoms with Gasteiger partial charge in [-0.25, -0.2) is 8.42 Å². The van der Waals surface area contributed by atoms with Crippen LogP contribution in [0.4, 0.5) is 0 Å². The van der Waals surface area contributed by atoms with Crippen LogP contribution in [0.25, 0.3) is 0 Å². The van der Waals surface area contributed by atoms with Crippen LogP contribution in [0.3, 0.4) is 0 Å². The van der Waals surface area contributed by atoms with E-state index in [0.29, 0.717) is 24.0 Å². The Bertz CT molecular complexity index is 313. The molecule has 0 amide bonds. The molecule has 0 bridgehead atoms. The van der Waals surface area contributed by atoms with Crippen LogP contribution in [0.5, 0.6) is 0 Å². The summed E-state index contributed by atoms with van der Waals surface area (Å²) in [7, 11) is -2.89. The molecule has 96 valence electrons. The van der Waals surface area contributed by atoms with Crippen molar-refractivity contribution in [1.82, 2.24) is 4.90 Å². The van der Waals surface area contributed by atoms with Gasteiger partial charge in [0.2, 0.25) is 0 Å². The lowest BCUT2D eigenvalue weighted by atomic mass is 10.3. The molecule has 0 aliphatic rings. The summed E-state index contributed by atoms with van der Waals surface area (Å²) in [5.41, 5.74) is 5.44. The second kappa shape index (κ2) is 7.19. The van der Waals surface area contributed by atoms with Crippen LogP contribution in [0.15, 0.2) is 0 Å². The average Bonchev–Trinajstić information content (AvgIpc) is 2.16. The molecule has 0 aliphatic heterocycles. The van der Waals surface area contributed by atoms with Gasteiger partial charge in [0.1, 0.15) is 0 Å². The first-order valence-electron chi connectivity index (χ1n) is 5.51. The van der Waals surface area contributed by atoms with Gasteiger partial charge < -0.3 is 5.73 Å². The largest absolute Gasteiger partial charge is 0.393 e. The van der Waals surface area contributed by atoms with Gasteiger partial charge in [-0.1, -0.05) is 19.1 Å². The summed E-state index contributed by atoms with van der Waals surface area (Å²) in [6.45, 7) is 7.03. The van der Waals surface area contributed by atoms with Crippen molar-refractivity contribution < 1.29 is 8.42 Å². The highest BCUT2D eigenvalue weighted by molar-refractivity contribution is 7.91. The van der Waals surface area contributed by atoms with E-state index in [9.17, 15) is 8.42 Å². The minimum Gasteiger partial charge on any atom is -0.393 e. The molecule has 0 aromatic carbocycles. The third-order valence-electron chi connectivity index (χ3n) is 2.51. The van der Waals surface area contributed by atoms with Gasteiger partial charge in [0.25, 0.3) is 0 Å². The lowest BCUT2D eigenvalue weighted by Crippen LogP contribution is -2.37. The summed E-state index contributed by atoms with van der Waals surface area (Å²) in [5.74, 6) is 0.410. The van der Waals surface area contributed by atoms with Gasteiger partial charge in [-0.05, 0) is 13.8 Å². The van der Waals surface area contributed by atoms with Crippen molar-refractivity contribution in [2.24, 2.45) is 5.73 Å². The standard InChI is InChI=1S/C10H22N2O2S2/c1-4-16(13,14)8-7-12(9(2)3)6-5-10(11)15/h9H,4-8H2,1-3H3,(H2,11,15). The zero-order valence-electron chi connectivity index (χ0n) is 10.3. The molecule has 0 atom stereocenters. The normalized spacial score (nSPS) is 12.3. The van der Waals surface area contributed by atoms with Gasteiger partial charge in [-0.15, -0.1) is 0 Å². The quantitative estimate of drug-likeness (QED) is 0.659. The molecule has 16 heavy (non-hydrogen) atoms. The predicted molar refractivity (Wildman–Crippen MR) is 72.4 cm³/mol. The molecule has 0 aromatic heterocycles. The number of nitrogens with zero attached hydrogens (tertiary/aromatic N) is 1. The van der Waals surface area contributed by atoms with Crippen molar-refractivity contribution >= 4 is 27.0 Å². The summed E-state index contributed by atoms with van der Waals surface area (Å²) >= 11 is 4.81. The molecule has 6 heteroatoms. The third-order valence-corrected chi connectivity index (χ3v) is 4.39. The second-order valence-electron chi connectivity index (χ2n) is 4.08. The van der Waals surface area contributed by atoms with E-state index in [4.69, 9.17) is 18.0 Å².